The molecule has 1 unspecified atom stereocenters. The van der Waals surface area contributed by atoms with Gasteiger partial charge >= 0.3 is 0 Å². The van der Waals surface area contributed by atoms with Crippen LogP contribution < -0.4 is 5.73 Å². The Bertz CT molecular complexity index is 171. The number of nitrogens with zero attached hydrogens (tertiary/aromatic N) is 1. The maximum atomic E-state index is 5.64. The molecular formula is C11H24N2O. The molecule has 1 aliphatic rings. The van der Waals surface area contributed by atoms with Gasteiger partial charge in [0.2, 0.25) is 0 Å². The lowest BCUT2D eigenvalue weighted by Crippen LogP contribution is -2.57. The summed E-state index contributed by atoms with van der Waals surface area (Å²) in [5.74, 6) is 0. The van der Waals surface area contributed by atoms with Crippen LogP contribution in [0.15, 0.2) is 0 Å². The zero-order valence-electron chi connectivity index (χ0n) is 9.75. The highest BCUT2D eigenvalue weighted by molar-refractivity contribution is 4.88. The van der Waals surface area contributed by atoms with E-state index in [0.29, 0.717) is 6.04 Å². The molecule has 0 amide bonds. The van der Waals surface area contributed by atoms with Gasteiger partial charge in [0.1, 0.15) is 0 Å². The summed E-state index contributed by atoms with van der Waals surface area (Å²) in [5.41, 5.74) is 5.82. The van der Waals surface area contributed by atoms with E-state index < -0.39 is 0 Å². The van der Waals surface area contributed by atoms with E-state index >= 15 is 0 Å². The highest BCUT2D eigenvalue weighted by atomic mass is 16.5. The summed E-state index contributed by atoms with van der Waals surface area (Å²) in [7, 11) is 0. The first-order valence-corrected chi connectivity index (χ1v) is 5.66. The normalized spacial score (nSPS) is 24.9. The average molecular weight is 200 g/mol. The van der Waals surface area contributed by atoms with Crippen molar-refractivity contribution in [3.8, 4) is 0 Å². The molecule has 0 aromatic rings. The minimum atomic E-state index is 0.175. The molecular weight excluding hydrogens is 176 g/mol. The molecule has 0 spiro atoms. The largest absolute Gasteiger partial charge is 0.378 e. The number of nitrogens with two attached hydrogens (primary N) is 1. The van der Waals surface area contributed by atoms with Crippen LogP contribution in [0.3, 0.4) is 0 Å². The van der Waals surface area contributed by atoms with Gasteiger partial charge < -0.3 is 10.5 Å². The Morgan fingerprint density at radius 3 is 2.71 bits per heavy atom. The van der Waals surface area contributed by atoms with Gasteiger partial charge in [-0.25, -0.2) is 0 Å². The van der Waals surface area contributed by atoms with Crippen LogP contribution in [-0.2, 0) is 4.74 Å². The van der Waals surface area contributed by atoms with Crippen LogP contribution >= 0.6 is 0 Å². The maximum Gasteiger partial charge on any atom is 0.0645 e. The molecule has 3 nitrogen and oxygen atoms in total. The van der Waals surface area contributed by atoms with E-state index in [0.717, 1.165) is 32.7 Å². The predicted molar refractivity (Wildman–Crippen MR) is 59.4 cm³/mol. The van der Waals surface area contributed by atoms with Gasteiger partial charge in [0.15, 0.2) is 0 Å². The first-order chi connectivity index (χ1) is 6.61. The van der Waals surface area contributed by atoms with E-state index in [1.807, 2.05) is 0 Å². The van der Waals surface area contributed by atoms with Crippen molar-refractivity contribution in [2.24, 2.45) is 5.73 Å². The topological polar surface area (TPSA) is 38.5 Å². The van der Waals surface area contributed by atoms with Gasteiger partial charge in [0.25, 0.3) is 0 Å². The molecule has 1 atom stereocenters. The molecule has 1 aliphatic heterocycles. The Labute approximate surface area is 87.6 Å². The van der Waals surface area contributed by atoms with Crippen molar-refractivity contribution in [2.45, 2.75) is 45.2 Å². The molecule has 2 N–H and O–H groups in total. The van der Waals surface area contributed by atoms with E-state index in [2.05, 4.69) is 25.7 Å². The highest BCUT2D eigenvalue weighted by Crippen LogP contribution is 2.24. The monoisotopic (exact) mass is 200 g/mol. The van der Waals surface area contributed by atoms with Crippen molar-refractivity contribution >= 4 is 0 Å². The summed E-state index contributed by atoms with van der Waals surface area (Å²) < 4.78 is 5.51. The molecule has 0 saturated carbocycles. The molecule has 0 aromatic carbocycles. The van der Waals surface area contributed by atoms with Crippen LogP contribution in [0.4, 0.5) is 0 Å². The molecule has 1 saturated heterocycles. The SMILES string of the molecule is CCC(CCN)N1CCOCC1(C)C. The number of ether oxygens (including phenoxy) is 1. The molecule has 84 valence electrons. The fraction of sp³-hybridized carbons (Fsp3) is 1.00. The minimum absolute atomic E-state index is 0.175. The second-order valence-corrected chi connectivity index (χ2v) is 4.70. The van der Waals surface area contributed by atoms with Crippen molar-refractivity contribution in [1.82, 2.24) is 4.90 Å². The molecule has 14 heavy (non-hydrogen) atoms. The molecule has 1 rings (SSSR count). The van der Waals surface area contributed by atoms with E-state index in [4.69, 9.17) is 10.5 Å². The lowest BCUT2D eigenvalue weighted by Gasteiger charge is -2.46. The Morgan fingerprint density at radius 2 is 2.21 bits per heavy atom. The third-order valence-electron chi connectivity index (χ3n) is 3.12. The Hall–Kier alpha value is -0.120. The number of rotatable bonds is 4. The van der Waals surface area contributed by atoms with Crippen molar-refractivity contribution in [1.29, 1.82) is 0 Å². The van der Waals surface area contributed by atoms with Crippen LogP contribution in [0.2, 0.25) is 0 Å². The summed E-state index contributed by atoms with van der Waals surface area (Å²) in [6.45, 7) is 10.3. The maximum absolute atomic E-state index is 5.64. The van der Waals surface area contributed by atoms with Gasteiger partial charge in [0, 0.05) is 18.1 Å². The summed E-state index contributed by atoms with van der Waals surface area (Å²) in [6.07, 6.45) is 2.28. The first-order valence-electron chi connectivity index (χ1n) is 5.66. The van der Waals surface area contributed by atoms with Crippen LogP contribution in [0.25, 0.3) is 0 Å². The third-order valence-corrected chi connectivity index (χ3v) is 3.12. The second kappa shape index (κ2) is 5.10. The standard InChI is InChI=1S/C11H24N2O/c1-4-10(5-6-12)13-7-8-14-9-11(13,2)3/h10H,4-9,12H2,1-3H3. The number of morpholine rings is 1. The van der Waals surface area contributed by atoms with E-state index in [1.165, 1.54) is 6.42 Å². The third kappa shape index (κ3) is 2.69. The van der Waals surface area contributed by atoms with Gasteiger partial charge in [0.05, 0.1) is 13.2 Å². The predicted octanol–water partition coefficient (Wildman–Crippen LogP) is 1.22. The molecule has 1 heterocycles. The Kier molecular flexibility index (Phi) is 4.35. The van der Waals surface area contributed by atoms with Crippen molar-refractivity contribution < 1.29 is 4.74 Å². The summed E-state index contributed by atoms with van der Waals surface area (Å²) in [4.78, 5) is 2.56. The fourth-order valence-electron chi connectivity index (χ4n) is 2.32. The molecule has 0 aromatic heterocycles. The molecule has 3 heteroatoms. The lowest BCUT2D eigenvalue weighted by atomic mass is 9.97. The first kappa shape index (κ1) is 12.0. The molecule has 1 fully saturated rings. The fourth-order valence-corrected chi connectivity index (χ4v) is 2.32. The van der Waals surface area contributed by atoms with Gasteiger partial charge in [-0.3, -0.25) is 4.90 Å². The Morgan fingerprint density at radius 1 is 1.50 bits per heavy atom. The van der Waals surface area contributed by atoms with E-state index in [-0.39, 0.29) is 5.54 Å². The van der Waals surface area contributed by atoms with Gasteiger partial charge in [-0.2, -0.15) is 0 Å². The van der Waals surface area contributed by atoms with Gasteiger partial charge in [-0.15, -0.1) is 0 Å². The molecule has 0 bridgehead atoms. The summed E-state index contributed by atoms with van der Waals surface area (Å²) in [6, 6.07) is 0.624. The zero-order chi connectivity index (χ0) is 10.6. The van der Waals surface area contributed by atoms with Gasteiger partial charge in [-0.1, -0.05) is 6.92 Å². The second-order valence-electron chi connectivity index (χ2n) is 4.70. The molecule has 0 aliphatic carbocycles. The zero-order valence-corrected chi connectivity index (χ0v) is 9.75. The minimum Gasteiger partial charge on any atom is -0.378 e. The smallest absolute Gasteiger partial charge is 0.0645 e. The van der Waals surface area contributed by atoms with Crippen LogP contribution in [0, 0.1) is 0 Å². The van der Waals surface area contributed by atoms with E-state index in [9.17, 15) is 0 Å². The lowest BCUT2D eigenvalue weighted by molar-refractivity contribution is -0.0735. The quantitative estimate of drug-likeness (QED) is 0.741. The summed E-state index contributed by atoms with van der Waals surface area (Å²) >= 11 is 0. The van der Waals surface area contributed by atoms with Crippen molar-refractivity contribution in [3.05, 3.63) is 0 Å². The Balaban J connectivity index is 2.61. The number of hydrogen-bond donors (Lipinski definition) is 1. The van der Waals surface area contributed by atoms with Crippen LogP contribution in [0.1, 0.15) is 33.6 Å². The summed E-state index contributed by atoms with van der Waals surface area (Å²) in [5, 5.41) is 0. The highest BCUT2D eigenvalue weighted by Gasteiger charge is 2.34. The van der Waals surface area contributed by atoms with Gasteiger partial charge in [-0.05, 0) is 33.2 Å². The van der Waals surface area contributed by atoms with Crippen molar-refractivity contribution in [2.75, 3.05) is 26.3 Å². The van der Waals surface area contributed by atoms with Crippen molar-refractivity contribution in [3.63, 3.8) is 0 Å². The number of hydrogen-bond acceptors (Lipinski definition) is 3. The van der Waals surface area contributed by atoms with Crippen LogP contribution in [0.5, 0.6) is 0 Å². The van der Waals surface area contributed by atoms with E-state index in [1.54, 1.807) is 0 Å². The average Bonchev–Trinajstić information content (AvgIpc) is 2.14. The van der Waals surface area contributed by atoms with Crippen LogP contribution in [-0.4, -0.2) is 42.8 Å². The molecule has 0 radical (unpaired) electrons.